The molecule has 3 rings (SSSR count). The number of rotatable bonds is 7. The molecule has 0 aliphatic heterocycles. The number of nitrogens with two attached hydrogens (primary N) is 1. The predicted octanol–water partition coefficient (Wildman–Crippen LogP) is 4.49. The fourth-order valence-corrected chi connectivity index (χ4v) is 3.34. The number of nitrogen functional groups attached to an aromatic ring is 1. The summed E-state index contributed by atoms with van der Waals surface area (Å²) in [6.45, 7) is 0. The Morgan fingerprint density at radius 2 is 2.00 bits per heavy atom. The number of hydrazone groups is 1. The van der Waals surface area contributed by atoms with Crippen LogP contribution in [0.3, 0.4) is 0 Å². The smallest absolute Gasteiger partial charge is 0.334 e. The Bertz CT molecular complexity index is 1150. The third kappa shape index (κ3) is 6.28. The first kappa shape index (κ1) is 23.7. The standard InChI is InChI=1S/C18H14Cl2F3N7OS/c19-12-3-1-2-10(6-12)8-25-27-16-28-29-17(30(16)24)32-9-15(31)26-14-7-11(18(21,22)23)4-5-13(14)20/h1-8H,9,24H2,(H,26,31)(H,27,28)/b25-8+. The summed E-state index contributed by atoms with van der Waals surface area (Å²) in [4.78, 5) is 12.2. The number of halogens is 5. The number of thioether (sulfide) groups is 1. The minimum atomic E-state index is -4.56. The van der Waals surface area contributed by atoms with E-state index in [1.54, 1.807) is 24.3 Å². The summed E-state index contributed by atoms with van der Waals surface area (Å²) >= 11 is 12.7. The Hall–Kier alpha value is -2.96. The highest BCUT2D eigenvalue weighted by atomic mass is 35.5. The van der Waals surface area contributed by atoms with Crippen LogP contribution in [0.25, 0.3) is 0 Å². The van der Waals surface area contributed by atoms with Crippen LogP contribution in [0.15, 0.2) is 52.7 Å². The second kappa shape index (κ2) is 10.1. The summed E-state index contributed by atoms with van der Waals surface area (Å²) in [6.07, 6.45) is -3.06. The Morgan fingerprint density at radius 3 is 2.72 bits per heavy atom. The first-order valence-corrected chi connectivity index (χ1v) is 10.4. The van der Waals surface area contributed by atoms with Crippen molar-refractivity contribution in [1.29, 1.82) is 0 Å². The lowest BCUT2D eigenvalue weighted by atomic mass is 10.2. The second-order valence-corrected chi connectivity index (χ2v) is 7.92. The van der Waals surface area contributed by atoms with Crippen molar-refractivity contribution in [2.24, 2.45) is 5.10 Å². The third-order valence-corrected chi connectivity index (χ3v) is 5.30. The van der Waals surface area contributed by atoms with Crippen molar-refractivity contribution < 1.29 is 18.0 Å². The van der Waals surface area contributed by atoms with Gasteiger partial charge in [0.2, 0.25) is 11.1 Å². The van der Waals surface area contributed by atoms with Gasteiger partial charge in [-0.25, -0.2) is 10.1 Å². The van der Waals surface area contributed by atoms with Crippen LogP contribution >= 0.6 is 35.0 Å². The molecule has 4 N–H and O–H groups in total. The Balaban J connectivity index is 1.57. The van der Waals surface area contributed by atoms with E-state index in [4.69, 9.17) is 29.0 Å². The van der Waals surface area contributed by atoms with Gasteiger partial charge in [-0.1, -0.05) is 47.1 Å². The number of anilines is 2. The Labute approximate surface area is 193 Å². The summed E-state index contributed by atoms with van der Waals surface area (Å²) in [5.74, 6) is 5.17. The maximum absolute atomic E-state index is 12.8. The number of hydrogen-bond donors (Lipinski definition) is 3. The maximum atomic E-state index is 12.8. The number of nitrogens with zero attached hydrogens (tertiary/aromatic N) is 4. The molecule has 3 aromatic rings. The zero-order valence-electron chi connectivity index (χ0n) is 15.9. The van der Waals surface area contributed by atoms with Crippen LogP contribution in [0.4, 0.5) is 24.8 Å². The molecule has 0 saturated carbocycles. The molecule has 0 saturated heterocycles. The van der Waals surface area contributed by atoms with Gasteiger partial charge in [0.1, 0.15) is 0 Å². The van der Waals surface area contributed by atoms with E-state index in [9.17, 15) is 18.0 Å². The molecule has 14 heteroatoms. The number of amides is 1. The number of benzene rings is 2. The van der Waals surface area contributed by atoms with Gasteiger partial charge >= 0.3 is 6.18 Å². The molecule has 0 radical (unpaired) electrons. The highest BCUT2D eigenvalue weighted by Crippen LogP contribution is 2.34. The fourth-order valence-electron chi connectivity index (χ4n) is 2.32. The first-order chi connectivity index (χ1) is 15.1. The number of carbonyl (C=O) groups excluding carboxylic acids is 1. The van der Waals surface area contributed by atoms with Crippen LogP contribution in [0.1, 0.15) is 11.1 Å². The van der Waals surface area contributed by atoms with Gasteiger partial charge in [-0.2, -0.15) is 18.3 Å². The SMILES string of the molecule is Nn1c(N/N=C/c2cccc(Cl)c2)nnc1SCC(=O)Nc1cc(C(F)(F)F)ccc1Cl. The van der Waals surface area contributed by atoms with E-state index in [1.807, 2.05) is 0 Å². The minimum Gasteiger partial charge on any atom is -0.334 e. The topological polar surface area (TPSA) is 110 Å². The number of carbonyl (C=O) groups is 1. The molecule has 0 bridgehead atoms. The molecule has 0 aliphatic rings. The van der Waals surface area contributed by atoms with E-state index >= 15 is 0 Å². The van der Waals surface area contributed by atoms with Gasteiger partial charge < -0.3 is 11.2 Å². The van der Waals surface area contributed by atoms with Crippen molar-refractivity contribution >= 4 is 58.7 Å². The maximum Gasteiger partial charge on any atom is 0.416 e. The van der Waals surface area contributed by atoms with Crippen LogP contribution in [0.5, 0.6) is 0 Å². The first-order valence-electron chi connectivity index (χ1n) is 8.68. The van der Waals surface area contributed by atoms with Crippen LogP contribution in [0, 0.1) is 0 Å². The molecule has 8 nitrogen and oxygen atoms in total. The summed E-state index contributed by atoms with van der Waals surface area (Å²) < 4.78 is 39.6. The average molecular weight is 504 g/mol. The molecule has 2 aromatic carbocycles. The molecule has 0 unspecified atom stereocenters. The highest BCUT2D eigenvalue weighted by molar-refractivity contribution is 7.99. The summed E-state index contributed by atoms with van der Waals surface area (Å²) in [6, 6.07) is 9.64. The molecular weight excluding hydrogens is 490 g/mol. The van der Waals surface area contributed by atoms with Gasteiger partial charge in [-0.05, 0) is 35.9 Å². The fraction of sp³-hybridized carbons (Fsp3) is 0.111. The molecule has 0 aliphatic carbocycles. The van der Waals surface area contributed by atoms with Crippen LogP contribution in [-0.4, -0.2) is 32.7 Å². The van der Waals surface area contributed by atoms with E-state index < -0.39 is 17.6 Å². The molecule has 168 valence electrons. The van der Waals surface area contributed by atoms with E-state index in [0.717, 1.165) is 40.2 Å². The molecule has 0 fully saturated rings. The van der Waals surface area contributed by atoms with E-state index in [2.05, 4.69) is 26.0 Å². The lowest BCUT2D eigenvalue weighted by Crippen LogP contribution is -2.17. The molecule has 1 aromatic heterocycles. The van der Waals surface area contributed by atoms with Crippen LogP contribution in [0.2, 0.25) is 10.0 Å². The normalized spacial score (nSPS) is 11.7. The lowest BCUT2D eigenvalue weighted by Gasteiger charge is -2.11. The largest absolute Gasteiger partial charge is 0.416 e. The third-order valence-electron chi connectivity index (χ3n) is 3.79. The quantitative estimate of drug-likeness (QED) is 0.189. The summed E-state index contributed by atoms with van der Waals surface area (Å²) in [5, 5.41) is 14.7. The molecule has 1 amide bonds. The van der Waals surface area contributed by atoms with Gasteiger partial charge in [0.15, 0.2) is 0 Å². The zero-order valence-corrected chi connectivity index (χ0v) is 18.2. The highest BCUT2D eigenvalue weighted by Gasteiger charge is 2.31. The number of alkyl halides is 3. The van der Waals surface area contributed by atoms with Crippen molar-refractivity contribution in [2.45, 2.75) is 11.3 Å². The Kier molecular flexibility index (Phi) is 7.48. The summed E-state index contributed by atoms with van der Waals surface area (Å²) in [5.41, 5.74) is 2.27. The van der Waals surface area contributed by atoms with Gasteiger partial charge in [-0.15, -0.1) is 10.2 Å². The second-order valence-electron chi connectivity index (χ2n) is 6.13. The lowest BCUT2D eigenvalue weighted by molar-refractivity contribution is -0.137. The zero-order chi connectivity index (χ0) is 23.3. The van der Waals surface area contributed by atoms with Crippen molar-refractivity contribution in [3.63, 3.8) is 0 Å². The van der Waals surface area contributed by atoms with Crippen LogP contribution < -0.4 is 16.6 Å². The van der Waals surface area contributed by atoms with Crippen molar-refractivity contribution in [1.82, 2.24) is 14.9 Å². The van der Waals surface area contributed by atoms with Crippen LogP contribution in [-0.2, 0) is 11.0 Å². The number of hydrogen-bond acceptors (Lipinski definition) is 7. The molecule has 0 spiro atoms. The number of nitrogens with one attached hydrogen (secondary N) is 2. The molecule has 0 atom stereocenters. The predicted molar refractivity (Wildman–Crippen MR) is 119 cm³/mol. The van der Waals surface area contributed by atoms with E-state index in [0.29, 0.717) is 5.02 Å². The molecule has 1 heterocycles. The van der Waals surface area contributed by atoms with Gasteiger partial charge in [0.05, 0.1) is 28.2 Å². The van der Waals surface area contributed by atoms with Crippen molar-refractivity contribution in [2.75, 3.05) is 22.3 Å². The molecular formula is C18H14Cl2F3N7OS. The van der Waals surface area contributed by atoms with Crippen molar-refractivity contribution in [3.05, 3.63) is 63.6 Å². The number of aromatic nitrogens is 3. The van der Waals surface area contributed by atoms with Gasteiger partial charge in [-0.3, -0.25) is 4.79 Å². The minimum absolute atomic E-state index is 0.0256. The summed E-state index contributed by atoms with van der Waals surface area (Å²) in [7, 11) is 0. The monoisotopic (exact) mass is 503 g/mol. The average Bonchev–Trinajstić information content (AvgIpc) is 3.07. The molecule has 32 heavy (non-hydrogen) atoms. The van der Waals surface area contributed by atoms with E-state index in [-0.39, 0.29) is 27.6 Å². The van der Waals surface area contributed by atoms with E-state index in [1.165, 1.54) is 6.21 Å². The van der Waals surface area contributed by atoms with Gasteiger partial charge in [0, 0.05) is 5.02 Å². The van der Waals surface area contributed by atoms with Gasteiger partial charge in [0.25, 0.3) is 5.95 Å². The van der Waals surface area contributed by atoms with Crippen molar-refractivity contribution in [3.8, 4) is 0 Å². The Morgan fingerprint density at radius 1 is 1.22 bits per heavy atom.